The molecule has 110 valence electrons. The molecular weight excluding hydrogens is 284 g/mol. The molecule has 0 radical (unpaired) electrons. The van der Waals surface area contributed by atoms with E-state index in [0.717, 1.165) is 25.9 Å². The molecule has 1 fully saturated rings. The molecule has 20 heavy (non-hydrogen) atoms. The highest BCUT2D eigenvalue weighted by Crippen LogP contribution is 2.43. The van der Waals surface area contributed by atoms with Crippen LogP contribution in [0.1, 0.15) is 30.9 Å². The first-order valence-electron chi connectivity index (χ1n) is 7.58. The van der Waals surface area contributed by atoms with E-state index in [0.29, 0.717) is 6.04 Å². The normalized spacial score (nSPS) is 23.4. The van der Waals surface area contributed by atoms with Crippen LogP contribution in [-0.4, -0.2) is 35.3 Å². The zero-order chi connectivity index (χ0) is 14.3. The molecule has 2 aliphatic heterocycles. The van der Waals surface area contributed by atoms with E-state index in [9.17, 15) is 0 Å². The second-order valence-electron chi connectivity index (χ2n) is 6.04. The minimum Gasteiger partial charge on any atom is -0.347 e. The van der Waals surface area contributed by atoms with Crippen LogP contribution in [0.4, 0.5) is 5.69 Å². The molecular formula is C16H24N2S2. The number of rotatable bonds is 3. The molecule has 0 N–H and O–H groups in total. The van der Waals surface area contributed by atoms with Gasteiger partial charge in [-0.15, -0.1) is 25.3 Å². The summed E-state index contributed by atoms with van der Waals surface area (Å²) in [5.41, 5.74) is 4.18. The number of anilines is 1. The lowest BCUT2D eigenvalue weighted by Gasteiger charge is -2.43. The lowest BCUT2D eigenvalue weighted by molar-refractivity contribution is 0.290. The van der Waals surface area contributed by atoms with Crippen LogP contribution in [-0.2, 0) is 12.8 Å². The summed E-state index contributed by atoms with van der Waals surface area (Å²) in [6.07, 6.45) is 4.62. The van der Waals surface area contributed by atoms with Gasteiger partial charge in [0.25, 0.3) is 0 Å². The third kappa shape index (κ3) is 2.36. The molecule has 1 saturated heterocycles. The van der Waals surface area contributed by atoms with E-state index in [1.807, 2.05) is 0 Å². The van der Waals surface area contributed by atoms with Gasteiger partial charge in [0.2, 0.25) is 0 Å². The van der Waals surface area contributed by atoms with Gasteiger partial charge in [-0.2, -0.15) is 0 Å². The van der Waals surface area contributed by atoms with E-state index in [2.05, 4.69) is 42.0 Å². The summed E-state index contributed by atoms with van der Waals surface area (Å²) in [5, 5.41) is 0. The number of hydrogen-bond donors (Lipinski definition) is 2. The summed E-state index contributed by atoms with van der Waals surface area (Å²) in [6, 6.07) is 7.27. The molecule has 0 spiro atoms. The first-order chi connectivity index (χ1) is 9.54. The molecule has 0 unspecified atom stereocenters. The van der Waals surface area contributed by atoms with Gasteiger partial charge >= 0.3 is 0 Å². The average Bonchev–Trinajstić information content (AvgIpc) is 3.04. The molecule has 1 aromatic rings. The first-order valence-corrected chi connectivity index (χ1v) is 8.48. The van der Waals surface area contributed by atoms with Crippen molar-refractivity contribution in [1.29, 1.82) is 0 Å². The predicted octanol–water partition coefficient (Wildman–Crippen LogP) is 3.22. The van der Waals surface area contributed by atoms with Crippen LogP contribution in [0, 0.1) is 0 Å². The third-order valence-corrected chi connectivity index (χ3v) is 5.90. The molecule has 2 nitrogen and oxygen atoms in total. The van der Waals surface area contributed by atoms with E-state index in [4.69, 9.17) is 25.3 Å². The van der Waals surface area contributed by atoms with Gasteiger partial charge in [0.05, 0.1) is 6.04 Å². The number of fused-ring (bicyclic) bond motifs is 1. The molecule has 4 heteroatoms. The molecule has 0 bridgehead atoms. The minimum absolute atomic E-state index is 0.386. The Morgan fingerprint density at radius 1 is 1.30 bits per heavy atom. The van der Waals surface area contributed by atoms with Crippen molar-refractivity contribution in [3.63, 3.8) is 0 Å². The maximum atomic E-state index is 4.97. The van der Waals surface area contributed by atoms with Crippen LogP contribution in [0.15, 0.2) is 18.2 Å². The topological polar surface area (TPSA) is 6.48 Å². The van der Waals surface area contributed by atoms with Crippen molar-refractivity contribution in [1.82, 2.24) is 4.90 Å². The van der Waals surface area contributed by atoms with Crippen molar-refractivity contribution in [2.45, 2.75) is 42.9 Å². The van der Waals surface area contributed by atoms with Crippen molar-refractivity contribution < 1.29 is 0 Å². The molecule has 2 heterocycles. The summed E-state index contributed by atoms with van der Waals surface area (Å²) in [5.74, 6) is 0. The predicted molar refractivity (Wildman–Crippen MR) is 93.2 cm³/mol. The molecule has 3 rings (SSSR count). The Balaban J connectivity index is 1.93. The van der Waals surface area contributed by atoms with Gasteiger partial charge < -0.3 is 4.90 Å². The maximum absolute atomic E-state index is 4.97. The summed E-state index contributed by atoms with van der Waals surface area (Å²) >= 11 is 9.95. The maximum Gasteiger partial charge on any atom is 0.143 e. The number of thiol groups is 2. The average molecular weight is 309 g/mol. The van der Waals surface area contributed by atoms with Gasteiger partial charge in [-0.25, -0.2) is 0 Å². The number of hydrogen-bond acceptors (Lipinski definition) is 4. The Bertz CT molecular complexity index is 501. The Morgan fingerprint density at radius 3 is 2.75 bits per heavy atom. The van der Waals surface area contributed by atoms with Crippen LogP contribution < -0.4 is 4.90 Å². The second kappa shape index (κ2) is 5.47. The Morgan fingerprint density at radius 2 is 2.10 bits per heavy atom. The lowest BCUT2D eigenvalue weighted by atomic mass is 10.1. The SMILES string of the molecule is CCc1ccc2c(c1)N(C(S)(S)[C@H]1CCCN1C)CC2. The molecule has 0 saturated carbocycles. The van der Waals surface area contributed by atoms with Crippen molar-refractivity contribution >= 4 is 30.9 Å². The monoisotopic (exact) mass is 308 g/mol. The van der Waals surface area contributed by atoms with Crippen LogP contribution >= 0.6 is 25.3 Å². The fourth-order valence-corrected chi connectivity index (χ4v) is 4.63. The van der Waals surface area contributed by atoms with Crippen LogP contribution in [0.5, 0.6) is 0 Å². The van der Waals surface area contributed by atoms with E-state index < -0.39 is 0 Å². The van der Waals surface area contributed by atoms with Crippen molar-refractivity contribution in [3.8, 4) is 0 Å². The number of benzene rings is 1. The Labute approximate surface area is 133 Å². The molecule has 0 aliphatic carbocycles. The van der Waals surface area contributed by atoms with Crippen LogP contribution in [0.2, 0.25) is 0 Å². The zero-order valence-electron chi connectivity index (χ0n) is 12.3. The standard InChI is InChI=1S/C16H24N2S2/c1-3-12-6-7-13-8-10-18(14(13)11-12)16(19,20)15-5-4-9-17(15)2/h6-7,11,15,19-20H,3-5,8-10H2,1-2H3/t15-/m1/s1. The summed E-state index contributed by atoms with van der Waals surface area (Å²) < 4.78 is -0.386. The van der Waals surface area contributed by atoms with E-state index in [1.165, 1.54) is 29.7 Å². The van der Waals surface area contributed by atoms with E-state index in [1.54, 1.807) is 0 Å². The van der Waals surface area contributed by atoms with Crippen LogP contribution in [0.25, 0.3) is 0 Å². The third-order valence-electron chi connectivity index (χ3n) is 4.82. The van der Waals surface area contributed by atoms with Crippen molar-refractivity contribution in [3.05, 3.63) is 29.3 Å². The summed E-state index contributed by atoms with van der Waals surface area (Å²) in [6.45, 7) is 4.39. The highest BCUT2D eigenvalue weighted by molar-refractivity contribution is 8.00. The summed E-state index contributed by atoms with van der Waals surface area (Å²) in [4.78, 5) is 4.81. The Kier molecular flexibility index (Phi) is 3.99. The molecule has 1 aromatic carbocycles. The number of likely N-dealkylation sites (tertiary alicyclic amines) is 1. The quantitative estimate of drug-likeness (QED) is 0.654. The van der Waals surface area contributed by atoms with Gasteiger partial charge in [0.1, 0.15) is 4.20 Å². The summed E-state index contributed by atoms with van der Waals surface area (Å²) in [7, 11) is 2.19. The first kappa shape index (κ1) is 14.6. The number of nitrogens with zero attached hydrogens (tertiary/aromatic N) is 2. The molecule has 1 atom stereocenters. The van der Waals surface area contributed by atoms with Gasteiger partial charge in [-0.3, -0.25) is 4.90 Å². The van der Waals surface area contributed by atoms with Gasteiger partial charge in [0.15, 0.2) is 0 Å². The smallest absolute Gasteiger partial charge is 0.143 e. The highest BCUT2D eigenvalue weighted by Gasteiger charge is 2.44. The second-order valence-corrected chi connectivity index (χ2v) is 7.76. The molecule has 2 aliphatic rings. The fourth-order valence-electron chi connectivity index (χ4n) is 3.57. The highest BCUT2D eigenvalue weighted by atomic mass is 32.2. The molecule has 0 amide bonds. The minimum atomic E-state index is -0.386. The number of likely N-dealkylation sites (N-methyl/N-ethyl adjacent to an activating group) is 1. The lowest BCUT2D eigenvalue weighted by Crippen LogP contribution is -2.52. The molecule has 0 aromatic heterocycles. The van der Waals surface area contributed by atoms with Gasteiger partial charge in [0, 0.05) is 12.2 Å². The van der Waals surface area contributed by atoms with Crippen molar-refractivity contribution in [2.24, 2.45) is 0 Å². The van der Waals surface area contributed by atoms with E-state index in [-0.39, 0.29) is 4.20 Å². The van der Waals surface area contributed by atoms with Gasteiger partial charge in [-0.1, -0.05) is 19.1 Å². The van der Waals surface area contributed by atoms with Gasteiger partial charge in [-0.05, 0) is 56.5 Å². The number of aryl methyl sites for hydroxylation is 1. The Hall–Kier alpha value is -0.320. The fraction of sp³-hybridized carbons (Fsp3) is 0.625. The van der Waals surface area contributed by atoms with E-state index >= 15 is 0 Å². The largest absolute Gasteiger partial charge is 0.347 e. The van der Waals surface area contributed by atoms with Crippen LogP contribution in [0.3, 0.4) is 0 Å². The van der Waals surface area contributed by atoms with Crippen molar-refractivity contribution in [2.75, 3.05) is 25.0 Å². The zero-order valence-corrected chi connectivity index (χ0v) is 14.1.